The number of allylic oxidation sites excluding steroid dienone is 1. The Morgan fingerprint density at radius 2 is 1.97 bits per heavy atom. The number of hydrogen-bond donors (Lipinski definition) is 1. The van der Waals surface area contributed by atoms with Gasteiger partial charge in [0.25, 0.3) is 11.4 Å². The largest absolute Gasteiger partial charge is 0.333 e. The number of aryl methyl sites for hydroxylation is 2. The number of hydrogen-bond acceptors (Lipinski definition) is 7. The van der Waals surface area contributed by atoms with E-state index in [1.54, 1.807) is 16.3 Å². The summed E-state index contributed by atoms with van der Waals surface area (Å²) in [4.78, 5) is 38.3. The van der Waals surface area contributed by atoms with Crippen molar-refractivity contribution in [1.82, 2.24) is 29.2 Å². The number of aromatic amines is 1. The zero-order chi connectivity index (χ0) is 21.8. The van der Waals surface area contributed by atoms with Crippen LogP contribution >= 0.6 is 23.4 Å². The molecule has 0 fully saturated rings. The lowest BCUT2D eigenvalue weighted by Crippen LogP contribution is -2.40. The van der Waals surface area contributed by atoms with E-state index in [2.05, 4.69) is 33.1 Å². The fourth-order valence-corrected chi connectivity index (χ4v) is 4.70. The van der Waals surface area contributed by atoms with Crippen molar-refractivity contribution in [3.63, 3.8) is 0 Å². The molecule has 0 amide bonds. The Bertz CT molecular complexity index is 1210. The molecule has 0 unspecified atom stereocenters. The van der Waals surface area contributed by atoms with E-state index in [0.29, 0.717) is 43.3 Å². The SMILES string of the molecule is CCCCCn1c(=O)n(CCCCc2noc(C3=CCCS3)n2)c(=O)c2[nH]c(Cl)nc21. The molecule has 166 valence electrons. The van der Waals surface area contributed by atoms with E-state index in [1.165, 1.54) is 4.57 Å². The molecule has 0 saturated carbocycles. The van der Waals surface area contributed by atoms with Crippen molar-refractivity contribution >= 4 is 39.4 Å². The minimum Gasteiger partial charge on any atom is -0.333 e. The van der Waals surface area contributed by atoms with Crippen LogP contribution < -0.4 is 11.2 Å². The highest BCUT2D eigenvalue weighted by molar-refractivity contribution is 8.08. The van der Waals surface area contributed by atoms with Gasteiger partial charge in [-0.25, -0.2) is 4.79 Å². The second-order valence-corrected chi connectivity index (χ2v) is 9.00. The van der Waals surface area contributed by atoms with Gasteiger partial charge in [0.1, 0.15) is 0 Å². The third-order valence-corrected chi connectivity index (χ3v) is 6.50. The van der Waals surface area contributed by atoms with Gasteiger partial charge in [0.2, 0.25) is 5.28 Å². The fourth-order valence-electron chi connectivity index (χ4n) is 3.63. The van der Waals surface area contributed by atoms with Crippen LogP contribution in [0.3, 0.4) is 0 Å². The van der Waals surface area contributed by atoms with Crippen LogP contribution in [0.5, 0.6) is 0 Å². The molecule has 31 heavy (non-hydrogen) atoms. The van der Waals surface area contributed by atoms with Crippen molar-refractivity contribution in [2.45, 2.75) is 65.0 Å². The Labute approximate surface area is 187 Å². The summed E-state index contributed by atoms with van der Waals surface area (Å²) in [6.45, 7) is 2.91. The number of halogens is 1. The maximum Gasteiger partial charge on any atom is 0.332 e. The molecule has 4 heterocycles. The van der Waals surface area contributed by atoms with Gasteiger partial charge in [0, 0.05) is 25.3 Å². The Morgan fingerprint density at radius 1 is 1.16 bits per heavy atom. The number of H-pyrrole nitrogens is 1. The van der Waals surface area contributed by atoms with Gasteiger partial charge >= 0.3 is 5.69 Å². The highest BCUT2D eigenvalue weighted by Gasteiger charge is 2.17. The number of fused-ring (bicyclic) bond motifs is 1. The monoisotopic (exact) mass is 464 g/mol. The van der Waals surface area contributed by atoms with Crippen molar-refractivity contribution in [3.8, 4) is 0 Å². The third-order valence-electron chi connectivity index (χ3n) is 5.23. The first-order chi connectivity index (χ1) is 15.1. The zero-order valence-corrected chi connectivity index (χ0v) is 19.0. The summed E-state index contributed by atoms with van der Waals surface area (Å²) in [5.41, 5.74) is -0.140. The van der Waals surface area contributed by atoms with Crippen LogP contribution in [0, 0.1) is 0 Å². The molecule has 0 aromatic carbocycles. The Hall–Kier alpha value is -2.33. The lowest BCUT2D eigenvalue weighted by Gasteiger charge is -2.11. The minimum absolute atomic E-state index is 0.108. The predicted molar refractivity (Wildman–Crippen MR) is 121 cm³/mol. The third kappa shape index (κ3) is 4.79. The number of thioether (sulfide) groups is 1. The highest BCUT2D eigenvalue weighted by Crippen LogP contribution is 2.32. The van der Waals surface area contributed by atoms with E-state index in [-0.39, 0.29) is 16.5 Å². The number of imidazole rings is 1. The molecule has 0 radical (unpaired) electrons. The second kappa shape index (κ2) is 9.86. The number of unbranched alkanes of at least 4 members (excludes halogenated alkanes) is 3. The molecular formula is C20H25ClN6O3S. The van der Waals surface area contributed by atoms with Crippen LogP contribution in [0.2, 0.25) is 5.28 Å². The Balaban J connectivity index is 1.45. The van der Waals surface area contributed by atoms with Crippen LogP contribution in [0.4, 0.5) is 0 Å². The van der Waals surface area contributed by atoms with Crippen LogP contribution in [-0.2, 0) is 19.5 Å². The van der Waals surface area contributed by atoms with Gasteiger partial charge in [0.15, 0.2) is 17.0 Å². The van der Waals surface area contributed by atoms with Gasteiger partial charge in [-0.05, 0) is 37.3 Å². The summed E-state index contributed by atoms with van der Waals surface area (Å²) in [6, 6.07) is 0. The molecule has 1 aliphatic heterocycles. The molecule has 0 bridgehead atoms. The first kappa shape index (κ1) is 21.9. The predicted octanol–water partition coefficient (Wildman–Crippen LogP) is 3.61. The fraction of sp³-hybridized carbons (Fsp3) is 0.550. The molecule has 9 nitrogen and oxygen atoms in total. The zero-order valence-electron chi connectivity index (χ0n) is 17.4. The maximum absolute atomic E-state index is 13.0. The molecule has 1 aliphatic rings. The van der Waals surface area contributed by atoms with Crippen LogP contribution in [-0.4, -0.2) is 35.0 Å². The Kier molecular flexibility index (Phi) is 6.96. The number of aromatic nitrogens is 6. The van der Waals surface area contributed by atoms with Gasteiger partial charge in [-0.15, -0.1) is 11.8 Å². The van der Waals surface area contributed by atoms with E-state index < -0.39 is 5.56 Å². The number of rotatable bonds is 10. The standard InChI is InChI=1S/C20H25ClN6O3S/c1-2-3-5-10-26-16-15(23-19(21)24-16)18(28)27(20(26)29)11-6-4-9-14-22-17(30-25-14)13-8-7-12-31-13/h8H,2-7,9-12H2,1H3,(H,23,24). The first-order valence-electron chi connectivity index (χ1n) is 10.6. The average Bonchev–Trinajstić information content (AvgIpc) is 3.50. The smallest absolute Gasteiger partial charge is 0.332 e. The van der Waals surface area contributed by atoms with E-state index >= 15 is 0 Å². The van der Waals surface area contributed by atoms with Gasteiger partial charge in [-0.2, -0.15) is 9.97 Å². The molecule has 11 heteroatoms. The van der Waals surface area contributed by atoms with Crippen LogP contribution in [0.15, 0.2) is 20.2 Å². The average molecular weight is 465 g/mol. The van der Waals surface area contributed by atoms with E-state index in [9.17, 15) is 9.59 Å². The lowest BCUT2D eigenvalue weighted by molar-refractivity contribution is 0.400. The summed E-state index contributed by atoms with van der Waals surface area (Å²) >= 11 is 7.70. The minimum atomic E-state index is -0.391. The van der Waals surface area contributed by atoms with Crippen LogP contribution in [0.1, 0.15) is 57.2 Å². The topological polar surface area (TPSA) is 112 Å². The second-order valence-electron chi connectivity index (χ2n) is 7.50. The van der Waals surface area contributed by atoms with E-state index in [4.69, 9.17) is 16.1 Å². The summed E-state index contributed by atoms with van der Waals surface area (Å²) in [5, 5.41) is 4.15. The van der Waals surface area contributed by atoms with Crippen molar-refractivity contribution in [2.24, 2.45) is 0 Å². The van der Waals surface area contributed by atoms with Crippen molar-refractivity contribution in [2.75, 3.05) is 5.75 Å². The van der Waals surface area contributed by atoms with Crippen molar-refractivity contribution in [1.29, 1.82) is 0 Å². The lowest BCUT2D eigenvalue weighted by atomic mass is 10.2. The van der Waals surface area contributed by atoms with Crippen molar-refractivity contribution in [3.05, 3.63) is 43.9 Å². The van der Waals surface area contributed by atoms with Gasteiger partial charge in [-0.1, -0.05) is 31.0 Å². The van der Waals surface area contributed by atoms with Gasteiger partial charge in [-0.3, -0.25) is 13.9 Å². The summed E-state index contributed by atoms with van der Waals surface area (Å²) < 4.78 is 8.15. The normalized spacial score (nSPS) is 13.9. The van der Waals surface area contributed by atoms with Crippen molar-refractivity contribution < 1.29 is 4.52 Å². The summed E-state index contributed by atoms with van der Waals surface area (Å²) in [5.74, 6) is 2.26. The van der Waals surface area contributed by atoms with Gasteiger partial charge in [0.05, 0.1) is 4.91 Å². The van der Waals surface area contributed by atoms with E-state index in [1.807, 2.05) is 0 Å². The maximum atomic E-state index is 13.0. The molecule has 0 saturated heterocycles. The highest BCUT2D eigenvalue weighted by atomic mass is 35.5. The van der Waals surface area contributed by atoms with Gasteiger partial charge < -0.3 is 9.51 Å². The molecule has 3 aromatic rings. The molecular weight excluding hydrogens is 440 g/mol. The number of nitrogens with one attached hydrogen (secondary N) is 1. The summed E-state index contributed by atoms with van der Waals surface area (Å²) in [6.07, 6.45) is 7.99. The molecule has 3 aromatic heterocycles. The molecule has 0 atom stereocenters. The molecule has 0 aliphatic carbocycles. The van der Waals surface area contributed by atoms with Crippen LogP contribution in [0.25, 0.3) is 16.1 Å². The molecule has 0 spiro atoms. The Morgan fingerprint density at radius 3 is 2.74 bits per heavy atom. The number of nitrogens with zero attached hydrogens (tertiary/aromatic N) is 5. The molecule has 1 N–H and O–H groups in total. The first-order valence-corrected chi connectivity index (χ1v) is 12.0. The summed E-state index contributed by atoms with van der Waals surface area (Å²) in [7, 11) is 0. The quantitative estimate of drug-likeness (QED) is 0.360. The van der Waals surface area contributed by atoms with E-state index in [0.717, 1.165) is 42.8 Å². The molecule has 4 rings (SSSR count).